The summed E-state index contributed by atoms with van der Waals surface area (Å²) in [7, 11) is 0. The lowest BCUT2D eigenvalue weighted by Crippen LogP contribution is -2.44. The monoisotopic (exact) mass is 297 g/mol. The van der Waals surface area contributed by atoms with Crippen molar-refractivity contribution in [3.63, 3.8) is 0 Å². The van der Waals surface area contributed by atoms with Gasteiger partial charge in [0.25, 0.3) is 0 Å². The van der Waals surface area contributed by atoms with Crippen LogP contribution in [0.4, 0.5) is 9.18 Å². The van der Waals surface area contributed by atoms with Gasteiger partial charge in [0.15, 0.2) is 11.6 Å². The fraction of sp³-hybridized carbons (Fsp3) is 0.533. The number of nitrogens with zero attached hydrogens (tertiary/aromatic N) is 1. The molecule has 21 heavy (non-hydrogen) atoms. The van der Waals surface area contributed by atoms with Crippen LogP contribution in [0.25, 0.3) is 0 Å². The summed E-state index contributed by atoms with van der Waals surface area (Å²) in [6, 6.07) is 4.04. The average Bonchev–Trinajstić information content (AvgIpc) is 2.40. The highest BCUT2D eigenvalue weighted by Crippen LogP contribution is 2.27. The molecule has 0 radical (unpaired) electrons. The number of rotatable bonds is 1. The van der Waals surface area contributed by atoms with Crippen molar-refractivity contribution in [2.45, 2.75) is 32.5 Å². The first-order valence-electron chi connectivity index (χ1n) is 6.84. The molecule has 0 spiro atoms. The van der Waals surface area contributed by atoms with E-state index in [0.717, 1.165) is 0 Å². The molecule has 0 aliphatic carbocycles. The lowest BCUT2D eigenvalue weighted by Gasteiger charge is -2.34. The number of carbonyl (C=O) groups is 1. The van der Waals surface area contributed by atoms with Crippen molar-refractivity contribution >= 4 is 6.09 Å². The molecule has 6 heteroatoms. The highest BCUT2D eigenvalue weighted by molar-refractivity contribution is 5.68. The van der Waals surface area contributed by atoms with Crippen LogP contribution in [0, 0.1) is 5.82 Å². The molecule has 1 aromatic carbocycles. The van der Waals surface area contributed by atoms with Crippen LogP contribution in [0.5, 0.6) is 5.75 Å². The molecule has 1 amide bonds. The standard InChI is InChI=1S/C15H20FNO4/c1-15(2,3)21-14(19)17-6-7-20-13(9-17)10-4-5-11(16)12(18)8-10/h4-5,8,13,18H,6-7,9H2,1-3H3/t13-/m1/s1. The summed E-state index contributed by atoms with van der Waals surface area (Å²) in [6.07, 6.45) is -0.806. The first kappa shape index (κ1) is 15.6. The summed E-state index contributed by atoms with van der Waals surface area (Å²) in [4.78, 5) is 13.6. The number of phenolic OH excluding ortho intramolecular Hbond substituents is 1. The predicted octanol–water partition coefficient (Wildman–Crippen LogP) is 2.84. The molecule has 2 rings (SSSR count). The Morgan fingerprint density at radius 1 is 1.48 bits per heavy atom. The van der Waals surface area contributed by atoms with Gasteiger partial charge in [-0.2, -0.15) is 0 Å². The van der Waals surface area contributed by atoms with Crippen LogP contribution in [0.1, 0.15) is 32.4 Å². The van der Waals surface area contributed by atoms with E-state index in [4.69, 9.17) is 9.47 Å². The van der Waals surface area contributed by atoms with E-state index in [-0.39, 0.29) is 0 Å². The second-order valence-electron chi connectivity index (χ2n) is 6.00. The van der Waals surface area contributed by atoms with Crippen LogP contribution in [0.3, 0.4) is 0 Å². The van der Waals surface area contributed by atoms with Gasteiger partial charge in [-0.15, -0.1) is 0 Å². The second-order valence-corrected chi connectivity index (χ2v) is 6.00. The van der Waals surface area contributed by atoms with Gasteiger partial charge >= 0.3 is 6.09 Å². The number of morpholine rings is 1. The van der Waals surface area contributed by atoms with Gasteiger partial charge in [0.05, 0.1) is 13.2 Å². The molecular formula is C15H20FNO4. The number of benzene rings is 1. The quantitative estimate of drug-likeness (QED) is 0.866. The SMILES string of the molecule is CC(C)(C)OC(=O)N1CCO[C@@H](c2ccc(F)c(O)c2)C1. The highest BCUT2D eigenvalue weighted by Gasteiger charge is 2.29. The van der Waals surface area contributed by atoms with Crippen molar-refractivity contribution in [3.05, 3.63) is 29.6 Å². The van der Waals surface area contributed by atoms with Gasteiger partial charge in [0.2, 0.25) is 0 Å². The smallest absolute Gasteiger partial charge is 0.410 e. The number of ether oxygens (including phenoxy) is 2. The van der Waals surface area contributed by atoms with Gasteiger partial charge < -0.3 is 19.5 Å². The fourth-order valence-electron chi connectivity index (χ4n) is 2.07. The Labute approximate surface area is 123 Å². The molecule has 1 N–H and O–H groups in total. The Morgan fingerprint density at radius 3 is 2.81 bits per heavy atom. The van der Waals surface area contributed by atoms with Crippen LogP contribution < -0.4 is 0 Å². The topological polar surface area (TPSA) is 59.0 Å². The molecule has 0 aromatic heterocycles. The molecular weight excluding hydrogens is 277 g/mol. The average molecular weight is 297 g/mol. The zero-order valence-electron chi connectivity index (χ0n) is 12.4. The van der Waals surface area contributed by atoms with E-state index in [9.17, 15) is 14.3 Å². The molecule has 0 bridgehead atoms. The van der Waals surface area contributed by atoms with E-state index in [1.165, 1.54) is 18.2 Å². The Kier molecular flexibility index (Phi) is 4.37. The van der Waals surface area contributed by atoms with E-state index in [1.807, 2.05) is 0 Å². The Hall–Kier alpha value is -1.82. The Morgan fingerprint density at radius 2 is 2.19 bits per heavy atom. The third-order valence-corrected chi connectivity index (χ3v) is 3.06. The van der Waals surface area contributed by atoms with Gasteiger partial charge in [-0.1, -0.05) is 6.07 Å². The zero-order valence-corrected chi connectivity index (χ0v) is 12.4. The molecule has 1 fully saturated rings. The molecule has 116 valence electrons. The number of hydrogen-bond acceptors (Lipinski definition) is 4. The van der Waals surface area contributed by atoms with Crippen LogP contribution in [-0.4, -0.2) is 41.4 Å². The van der Waals surface area contributed by atoms with Crippen molar-refractivity contribution in [2.75, 3.05) is 19.7 Å². The maximum absolute atomic E-state index is 13.1. The van der Waals surface area contributed by atoms with E-state index in [2.05, 4.69) is 0 Å². The lowest BCUT2D eigenvalue weighted by atomic mass is 10.1. The van der Waals surface area contributed by atoms with Crippen molar-refractivity contribution in [1.82, 2.24) is 4.90 Å². The van der Waals surface area contributed by atoms with E-state index < -0.39 is 29.4 Å². The number of halogens is 1. The highest BCUT2D eigenvalue weighted by atomic mass is 19.1. The van der Waals surface area contributed by atoms with Gasteiger partial charge in [0, 0.05) is 6.54 Å². The third kappa shape index (κ3) is 4.07. The van der Waals surface area contributed by atoms with Crippen LogP contribution in [-0.2, 0) is 9.47 Å². The van der Waals surface area contributed by atoms with Crippen molar-refractivity contribution in [2.24, 2.45) is 0 Å². The van der Waals surface area contributed by atoms with Crippen molar-refractivity contribution in [1.29, 1.82) is 0 Å². The summed E-state index contributed by atoms with van der Waals surface area (Å²) in [5.74, 6) is -1.11. The molecule has 1 saturated heterocycles. The molecule has 0 saturated carbocycles. The summed E-state index contributed by atoms with van der Waals surface area (Å²) >= 11 is 0. The minimum absolute atomic E-state index is 0.306. The lowest BCUT2D eigenvalue weighted by molar-refractivity contribution is -0.0433. The first-order chi connectivity index (χ1) is 9.76. The molecule has 1 heterocycles. The molecule has 1 aromatic rings. The second kappa shape index (κ2) is 5.89. The minimum atomic E-state index is -0.682. The van der Waals surface area contributed by atoms with E-state index in [1.54, 1.807) is 25.7 Å². The molecule has 1 aliphatic heterocycles. The molecule has 0 unspecified atom stereocenters. The maximum atomic E-state index is 13.1. The summed E-state index contributed by atoms with van der Waals surface area (Å²) < 4.78 is 24.0. The normalized spacial score (nSPS) is 19.4. The minimum Gasteiger partial charge on any atom is -0.505 e. The Balaban J connectivity index is 2.06. The number of carbonyl (C=O) groups excluding carboxylic acids is 1. The number of aromatic hydroxyl groups is 1. The number of phenols is 1. The van der Waals surface area contributed by atoms with E-state index in [0.29, 0.717) is 25.3 Å². The van der Waals surface area contributed by atoms with E-state index >= 15 is 0 Å². The van der Waals surface area contributed by atoms with Gasteiger partial charge in [-0.25, -0.2) is 9.18 Å². The zero-order chi connectivity index (χ0) is 15.6. The van der Waals surface area contributed by atoms with Crippen LogP contribution in [0.15, 0.2) is 18.2 Å². The molecule has 5 nitrogen and oxygen atoms in total. The van der Waals surface area contributed by atoms with Gasteiger partial charge in [-0.05, 0) is 38.5 Å². The Bertz CT molecular complexity index is 527. The predicted molar refractivity (Wildman–Crippen MR) is 74.6 cm³/mol. The van der Waals surface area contributed by atoms with Crippen LogP contribution in [0.2, 0.25) is 0 Å². The van der Waals surface area contributed by atoms with Crippen molar-refractivity contribution < 1.29 is 23.8 Å². The molecule has 1 atom stereocenters. The summed E-state index contributed by atoms with van der Waals surface area (Å²) in [6.45, 7) is 6.53. The van der Waals surface area contributed by atoms with Crippen LogP contribution >= 0.6 is 0 Å². The number of amides is 1. The van der Waals surface area contributed by atoms with Gasteiger partial charge in [0.1, 0.15) is 11.7 Å². The first-order valence-corrected chi connectivity index (χ1v) is 6.84. The fourth-order valence-corrected chi connectivity index (χ4v) is 2.07. The maximum Gasteiger partial charge on any atom is 0.410 e. The largest absolute Gasteiger partial charge is 0.505 e. The molecule has 1 aliphatic rings. The number of hydrogen-bond donors (Lipinski definition) is 1. The summed E-state index contributed by atoms with van der Waals surface area (Å²) in [5.41, 5.74) is 0.0705. The van der Waals surface area contributed by atoms with Gasteiger partial charge in [-0.3, -0.25) is 0 Å². The van der Waals surface area contributed by atoms with Crippen molar-refractivity contribution in [3.8, 4) is 5.75 Å². The third-order valence-electron chi connectivity index (χ3n) is 3.06. The summed E-state index contributed by atoms with van der Waals surface area (Å²) in [5, 5.41) is 9.42.